The van der Waals surface area contributed by atoms with E-state index in [1.165, 1.54) is 17.4 Å². The number of carbonyl (C=O) groups is 2. The third-order valence-electron chi connectivity index (χ3n) is 6.07. The highest BCUT2D eigenvalue weighted by Crippen LogP contribution is 2.37. The molecule has 0 bridgehead atoms. The largest absolute Gasteiger partial charge is 0.447 e. The van der Waals surface area contributed by atoms with E-state index in [0.29, 0.717) is 36.6 Å². The summed E-state index contributed by atoms with van der Waals surface area (Å²) < 4.78 is 40.4. The summed E-state index contributed by atoms with van der Waals surface area (Å²) >= 11 is 1.36. The van der Waals surface area contributed by atoms with E-state index in [1.54, 1.807) is 44.0 Å². The van der Waals surface area contributed by atoms with Crippen LogP contribution in [-0.4, -0.2) is 68.3 Å². The maximum Gasteiger partial charge on any atom is 0.411 e. The Morgan fingerprint density at radius 2 is 1.74 bits per heavy atom. The molecule has 1 aliphatic heterocycles. The summed E-state index contributed by atoms with van der Waals surface area (Å²) in [4.78, 5) is 33.7. The van der Waals surface area contributed by atoms with Crippen molar-refractivity contribution in [1.82, 2.24) is 14.6 Å². The second-order valence-corrected chi connectivity index (χ2v) is 13.8. The highest BCUT2D eigenvalue weighted by molar-refractivity contribution is 7.89. The minimum Gasteiger partial charge on any atom is -0.447 e. The lowest BCUT2D eigenvalue weighted by Crippen LogP contribution is -2.49. The smallest absolute Gasteiger partial charge is 0.411 e. The zero-order chi connectivity index (χ0) is 30.5. The van der Waals surface area contributed by atoms with Gasteiger partial charge in [0.15, 0.2) is 5.13 Å². The number of anilines is 2. The van der Waals surface area contributed by atoms with Crippen LogP contribution >= 0.6 is 11.3 Å². The van der Waals surface area contributed by atoms with Gasteiger partial charge in [0, 0.05) is 49.2 Å². The van der Waals surface area contributed by atoms with Crippen molar-refractivity contribution in [3.8, 4) is 10.4 Å². The number of nitrogens with one attached hydrogen (secondary N) is 2. The van der Waals surface area contributed by atoms with E-state index < -0.39 is 21.7 Å². The van der Waals surface area contributed by atoms with Crippen molar-refractivity contribution in [2.24, 2.45) is 0 Å². The molecule has 0 aliphatic carbocycles. The van der Waals surface area contributed by atoms with Gasteiger partial charge in [-0.25, -0.2) is 27.7 Å². The summed E-state index contributed by atoms with van der Waals surface area (Å²) in [6.45, 7) is 11.1. The van der Waals surface area contributed by atoms with Crippen LogP contribution in [0.25, 0.3) is 10.4 Å². The normalized spacial score (nSPS) is 14.1. The summed E-state index contributed by atoms with van der Waals surface area (Å²) in [5.41, 5.74) is 0.834. The van der Waals surface area contributed by atoms with Gasteiger partial charge in [-0.15, -0.1) is 0 Å². The molecule has 2 N–H and O–H groups in total. The number of carbonyl (C=O) groups excluding carboxylic acids is 2. The van der Waals surface area contributed by atoms with Gasteiger partial charge in [-0.1, -0.05) is 47.7 Å². The first-order chi connectivity index (χ1) is 19.8. The lowest BCUT2D eigenvalue weighted by Gasteiger charge is -2.34. The molecule has 1 aromatic heterocycles. The van der Waals surface area contributed by atoms with Gasteiger partial charge in [0.25, 0.3) is 0 Å². The average molecular weight is 616 g/mol. The highest BCUT2D eigenvalue weighted by Gasteiger charge is 2.28. The molecule has 2 amide bonds. The second kappa shape index (κ2) is 13.1. The SMILES string of the molecule is CC(C)OC(=O)N1CCN(c2ncc(-c3ccc(NC(=O)OCc4ccccc4)cc3S(=O)(=O)NC(C)(C)C)s2)CC1. The zero-order valence-corrected chi connectivity index (χ0v) is 26.0. The van der Waals surface area contributed by atoms with Crippen molar-refractivity contribution in [3.05, 3.63) is 60.3 Å². The quantitative estimate of drug-likeness (QED) is 0.349. The number of thiazole rings is 1. The van der Waals surface area contributed by atoms with E-state index in [2.05, 4.69) is 19.9 Å². The lowest BCUT2D eigenvalue weighted by molar-refractivity contribution is 0.0751. The molecule has 0 radical (unpaired) electrons. The summed E-state index contributed by atoms with van der Waals surface area (Å²) in [7, 11) is -3.99. The summed E-state index contributed by atoms with van der Waals surface area (Å²) in [6, 6.07) is 14.0. The number of aromatic nitrogens is 1. The Kier molecular flexibility index (Phi) is 9.74. The Morgan fingerprint density at radius 3 is 2.38 bits per heavy atom. The van der Waals surface area contributed by atoms with Crippen LogP contribution in [0.1, 0.15) is 40.2 Å². The monoisotopic (exact) mass is 615 g/mol. The maximum atomic E-state index is 13.5. The van der Waals surface area contributed by atoms with Crippen LogP contribution in [0.5, 0.6) is 0 Å². The van der Waals surface area contributed by atoms with Gasteiger partial charge in [0.05, 0.1) is 15.9 Å². The van der Waals surface area contributed by atoms with Gasteiger partial charge in [-0.2, -0.15) is 0 Å². The van der Waals surface area contributed by atoms with Crippen LogP contribution in [0.15, 0.2) is 59.6 Å². The van der Waals surface area contributed by atoms with Gasteiger partial charge >= 0.3 is 12.2 Å². The number of ether oxygens (including phenoxy) is 2. The van der Waals surface area contributed by atoms with Gasteiger partial charge in [-0.05, 0) is 52.3 Å². The number of nitrogens with zero attached hydrogens (tertiary/aromatic N) is 3. The number of benzene rings is 2. The highest BCUT2D eigenvalue weighted by atomic mass is 32.2. The first kappa shape index (κ1) is 31.3. The summed E-state index contributed by atoms with van der Waals surface area (Å²) in [5.74, 6) is 0. The molecule has 0 unspecified atom stereocenters. The van der Waals surface area contributed by atoms with Crippen molar-refractivity contribution in [1.29, 1.82) is 0 Å². The van der Waals surface area contributed by atoms with Crippen molar-refractivity contribution < 1.29 is 27.5 Å². The number of rotatable bonds is 8. The fraction of sp³-hybridized carbons (Fsp3) is 0.414. The molecule has 4 rings (SSSR count). The standard InChI is InChI=1S/C29H37N5O6S2/c1-20(2)40-28(36)34-15-13-33(14-16-34)26-30-18-24(41-26)23-12-11-22(17-25(23)42(37,38)32-29(3,4)5)31-27(35)39-19-21-9-7-6-8-10-21/h6-12,17-18,20,32H,13-16,19H2,1-5H3,(H,31,35). The first-order valence-electron chi connectivity index (χ1n) is 13.6. The molecular weight excluding hydrogens is 578 g/mol. The minimum atomic E-state index is -3.99. The molecular formula is C29H37N5O6S2. The molecule has 42 heavy (non-hydrogen) atoms. The molecule has 2 aromatic carbocycles. The van der Waals surface area contributed by atoms with E-state index in [-0.39, 0.29) is 29.4 Å². The van der Waals surface area contributed by atoms with Gasteiger partial charge in [-0.3, -0.25) is 5.32 Å². The number of amides is 2. The predicted octanol–water partition coefficient (Wildman–Crippen LogP) is 5.30. The van der Waals surface area contributed by atoms with Crippen LogP contribution in [0, 0.1) is 0 Å². The van der Waals surface area contributed by atoms with Crippen molar-refractivity contribution in [3.63, 3.8) is 0 Å². The third kappa shape index (κ3) is 8.43. The van der Waals surface area contributed by atoms with Crippen LogP contribution in [0.3, 0.4) is 0 Å². The Bertz CT molecular complexity index is 1490. The van der Waals surface area contributed by atoms with Crippen molar-refractivity contribution in [2.75, 3.05) is 36.4 Å². The number of hydrogen-bond acceptors (Lipinski definition) is 9. The fourth-order valence-corrected chi connectivity index (χ4v) is 6.99. The number of hydrogen-bond donors (Lipinski definition) is 2. The fourth-order valence-electron chi connectivity index (χ4n) is 4.25. The molecule has 0 saturated carbocycles. The predicted molar refractivity (Wildman–Crippen MR) is 163 cm³/mol. The van der Waals surface area contributed by atoms with Crippen molar-refractivity contribution in [2.45, 2.75) is 57.8 Å². The van der Waals surface area contributed by atoms with Gasteiger partial charge in [0.2, 0.25) is 10.0 Å². The second-order valence-electron chi connectivity index (χ2n) is 11.2. The number of sulfonamides is 1. The maximum absolute atomic E-state index is 13.5. The molecule has 0 spiro atoms. The molecule has 2 heterocycles. The lowest BCUT2D eigenvalue weighted by atomic mass is 10.1. The third-order valence-corrected chi connectivity index (χ3v) is 8.96. The molecule has 1 aliphatic rings. The topological polar surface area (TPSA) is 130 Å². The van der Waals surface area contributed by atoms with Crippen LogP contribution in [0.4, 0.5) is 20.4 Å². The van der Waals surface area contributed by atoms with Crippen LogP contribution < -0.4 is 14.9 Å². The Hall–Kier alpha value is -3.68. The summed E-state index contributed by atoms with van der Waals surface area (Å²) in [6.07, 6.45) is 0.432. The molecule has 0 atom stereocenters. The molecule has 3 aromatic rings. The minimum absolute atomic E-state index is 0.00901. The molecule has 13 heteroatoms. The molecule has 226 valence electrons. The first-order valence-corrected chi connectivity index (χ1v) is 15.9. The molecule has 11 nitrogen and oxygen atoms in total. The average Bonchev–Trinajstić information content (AvgIpc) is 3.41. The van der Waals surface area contributed by atoms with Crippen LogP contribution in [-0.2, 0) is 26.1 Å². The van der Waals surface area contributed by atoms with Crippen LogP contribution in [0.2, 0.25) is 0 Å². The molecule has 1 fully saturated rings. The Morgan fingerprint density at radius 1 is 1.05 bits per heavy atom. The van der Waals surface area contributed by atoms with E-state index in [0.717, 1.165) is 10.7 Å². The van der Waals surface area contributed by atoms with Gasteiger partial charge in [0.1, 0.15) is 6.61 Å². The van der Waals surface area contributed by atoms with E-state index >= 15 is 0 Å². The summed E-state index contributed by atoms with van der Waals surface area (Å²) in [5, 5.41) is 3.35. The van der Waals surface area contributed by atoms with Gasteiger partial charge < -0.3 is 19.3 Å². The van der Waals surface area contributed by atoms with E-state index in [4.69, 9.17) is 9.47 Å². The van der Waals surface area contributed by atoms with E-state index in [9.17, 15) is 18.0 Å². The van der Waals surface area contributed by atoms with Crippen molar-refractivity contribution >= 4 is 44.4 Å². The zero-order valence-electron chi connectivity index (χ0n) is 24.4. The Balaban J connectivity index is 1.53. The van der Waals surface area contributed by atoms with E-state index in [1.807, 2.05) is 44.2 Å². The Labute approximate surface area is 250 Å². The molecule has 1 saturated heterocycles. The number of piperazine rings is 1.